The average Bonchev–Trinajstić information content (AvgIpc) is 3.02. The Hall–Kier alpha value is -1.69. The molecule has 0 atom stereocenters. The summed E-state index contributed by atoms with van der Waals surface area (Å²) in [5, 5.41) is 0. The van der Waals surface area contributed by atoms with E-state index in [-0.39, 0.29) is 27.8 Å². The third kappa shape index (κ3) is 3.36. The van der Waals surface area contributed by atoms with Crippen LogP contribution < -0.4 is 9.05 Å². The van der Waals surface area contributed by atoms with Crippen molar-refractivity contribution in [1.29, 1.82) is 0 Å². The van der Waals surface area contributed by atoms with Crippen LogP contribution in [-0.4, -0.2) is 46.1 Å². The van der Waals surface area contributed by atoms with Gasteiger partial charge in [-0.2, -0.15) is 0 Å². The van der Waals surface area contributed by atoms with Crippen LogP contribution in [0.25, 0.3) is 0 Å². The molecule has 0 radical (unpaired) electrons. The van der Waals surface area contributed by atoms with Crippen molar-refractivity contribution in [3.05, 3.63) is 52.1 Å². The molecule has 1 aliphatic rings. The molecule has 0 saturated carbocycles. The second-order valence-electron chi connectivity index (χ2n) is 5.74. The van der Waals surface area contributed by atoms with Crippen LogP contribution in [0.4, 0.5) is 0 Å². The summed E-state index contributed by atoms with van der Waals surface area (Å²) in [7, 11) is 2.57. The molecule has 25 heavy (non-hydrogen) atoms. The zero-order valence-electron chi connectivity index (χ0n) is 13.7. The van der Waals surface area contributed by atoms with E-state index in [2.05, 4.69) is 27.0 Å². The number of benzene rings is 1. The quantitative estimate of drug-likeness (QED) is 0.379. The predicted octanol–water partition coefficient (Wildman–Crippen LogP) is 0.930. The number of carbonyl (C=O) groups is 2. The number of nitrogens with zero attached hydrogens (tertiary/aromatic N) is 1. The first-order valence-corrected chi connectivity index (χ1v) is 10.1. The van der Waals surface area contributed by atoms with Crippen molar-refractivity contribution in [3.63, 3.8) is 0 Å². The topological polar surface area (TPSA) is 65.5 Å². The molecule has 0 N–H and O–H groups in total. The molecule has 0 unspecified atom stereocenters. The van der Waals surface area contributed by atoms with Crippen molar-refractivity contribution in [2.75, 3.05) is 14.2 Å². The number of rotatable bonds is 4. The standard InChI is InChI=1S/C18H16BrNO4Se/c1-23-16(21)18(17(22)24-2)8-11-7-15(20-10-12(11)9-18)25-14-6-4-3-5-13(14)19/h3-7,10H,8-9H2,1-2H3. The summed E-state index contributed by atoms with van der Waals surface area (Å²) in [5.41, 5.74) is 0.545. The molecule has 2 aromatic rings. The molecule has 130 valence electrons. The summed E-state index contributed by atoms with van der Waals surface area (Å²) in [6.45, 7) is 0. The van der Waals surface area contributed by atoms with Gasteiger partial charge in [-0.1, -0.05) is 0 Å². The number of hydrogen-bond acceptors (Lipinski definition) is 5. The van der Waals surface area contributed by atoms with Gasteiger partial charge in [-0.05, 0) is 0 Å². The van der Waals surface area contributed by atoms with Gasteiger partial charge in [-0.3, -0.25) is 0 Å². The number of esters is 2. The maximum atomic E-state index is 12.3. The Labute approximate surface area is 160 Å². The van der Waals surface area contributed by atoms with Gasteiger partial charge in [-0.25, -0.2) is 0 Å². The van der Waals surface area contributed by atoms with Gasteiger partial charge in [0.25, 0.3) is 0 Å². The van der Waals surface area contributed by atoms with Crippen molar-refractivity contribution in [3.8, 4) is 0 Å². The van der Waals surface area contributed by atoms with Gasteiger partial charge < -0.3 is 0 Å². The maximum absolute atomic E-state index is 12.3. The van der Waals surface area contributed by atoms with Crippen LogP contribution in [0.2, 0.25) is 0 Å². The molecule has 1 heterocycles. The van der Waals surface area contributed by atoms with Gasteiger partial charge in [0.2, 0.25) is 0 Å². The summed E-state index contributed by atoms with van der Waals surface area (Å²) in [6.07, 6.45) is 2.30. The molecule has 1 aromatic heterocycles. The Morgan fingerprint density at radius 2 is 1.76 bits per heavy atom. The second kappa shape index (κ2) is 7.28. The molecule has 0 amide bonds. The molecule has 3 rings (SSSR count). The fourth-order valence-corrected chi connectivity index (χ4v) is 5.47. The molecule has 0 fully saturated rings. The van der Waals surface area contributed by atoms with E-state index in [0.717, 1.165) is 20.2 Å². The Bertz CT molecular complexity index is 824. The van der Waals surface area contributed by atoms with Crippen LogP contribution in [0.3, 0.4) is 0 Å². The van der Waals surface area contributed by atoms with Crippen molar-refractivity contribution < 1.29 is 19.1 Å². The van der Waals surface area contributed by atoms with Gasteiger partial charge in [0.15, 0.2) is 0 Å². The zero-order valence-corrected chi connectivity index (χ0v) is 17.0. The third-order valence-electron chi connectivity index (χ3n) is 4.25. The van der Waals surface area contributed by atoms with E-state index in [0.29, 0.717) is 0 Å². The van der Waals surface area contributed by atoms with E-state index >= 15 is 0 Å². The first-order chi connectivity index (χ1) is 12.0. The van der Waals surface area contributed by atoms with Gasteiger partial charge in [-0.15, -0.1) is 0 Å². The minimum absolute atomic E-state index is 0.0247. The number of fused-ring (bicyclic) bond motifs is 1. The summed E-state index contributed by atoms with van der Waals surface area (Å²) < 4.78 is 12.9. The van der Waals surface area contributed by atoms with Crippen LogP contribution >= 0.6 is 15.9 Å². The molecule has 0 bridgehead atoms. The minimum atomic E-state index is -1.30. The monoisotopic (exact) mass is 469 g/mol. The fourth-order valence-electron chi connectivity index (χ4n) is 3.00. The van der Waals surface area contributed by atoms with Crippen molar-refractivity contribution >= 4 is 51.9 Å². The molecule has 0 aliphatic heterocycles. The SMILES string of the molecule is COC(=O)C1(C(=O)OC)Cc2cnc([Se]c3ccccc3Br)cc2C1. The molecule has 0 saturated heterocycles. The van der Waals surface area contributed by atoms with Crippen molar-refractivity contribution in [2.45, 2.75) is 12.8 Å². The summed E-state index contributed by atoms with van der Waals surface area (Å²) in [5.74, 6) is -1.12. The van der Waals surface area contributed by atoms with Gasteiger partial charge in [0.1, 0.15) is 0 Å². The number of methoxy groups -OCH3 is 2. The first-order valence-electron chi connectivity index (χ1n) is 7.57. The third-order valence-corrected chi connectivity index (χ3v) is 7.64. The van der Waals surface area contributed by atoms with Crippen molar-refractivity contribution in [1.82, 2.24) is 4.98 Å². The van der Waals surface area contributed by atoms with E-state index < -0.39 is 17.4 Å². The zero-order chi connectivity index (χ0) is 18.0. The molecule has 0 spiro atoms. The number of halogens is 1. The predicted molar refractivity (Wildman–Crippen MR) is 97.3 cm³/mol. The number of aromatic nitrogens is 1. The number of ether oxygens (including phenoxy) is 2. The first kappa shape index (κ1) is 18.1. The second-order valence-corrected chi connectivity index (χ2v) is 8.83. The molecular weight excluding hydrogens is 453 g/mol. The molecule has 1 aromatic carbocycles. The Morgan fingerprint density at radius 1 is 1.12 bits per heavy atom. The van der Waals surface area contributed by atoms with E-state index in [4.69, 9.17) is 9.47 Å². The van der Waals surface area contributed by atoms with Gasteiger partial charge in [0.05, 0.1) is 0 Å². The summed E-state index contributed by atoms with van der Waals surface area (Å²) in [4.78, 5) is 29.1. The van der Waals surface area contributed by atoms with Crippen LogP contribution in [0.15, 0.2) is 41.0 Å². The Morgan fingerprint density at radius 3 is 2.40 bits per heavy atom. The van der Waals surface area contributed by atoms with Crippen LogP contribution in [-0.2, 0) is 31.9 Å². The normalized spacial score (nSPS) is 14.7. The average molecular weight is 469 g/mol. The molecular formula is C18H16BrNO4Se. The fraction of sp³-hybridized carbons (Fsp3) is 0.278. The van der Waals surface area contributed by atoms with E-state index in [1.165, 1.54) is 18.7 Å². The Kier molecular flexibility index (Phi) is 5.27. The van der Waals surface area contributed by atoms with Gasteiger partial charge >= 0.3 is 161 Å². The summed E-state index contributed by atoms with van der Waals surface area (Å²) >= 11 is 3.58. The molecule has 5 nitrogen and oxygen atoms in total. The number of carbonyl (C=O) groups excluding carboxylic acids is 2. The van der Waals surface area contributed by atoms with Gasteiger partial charge in [0, 0.05) is 0 Å². The molecule has 7 heteroatoms. The van der Waals surface area contributed by atoms with Crippen LogP contribution in [0.5, 0.6) is 0 Å². The molecule has 1 aliphatic carbocycles. The van der Waals surface area contributed by atoms with E-state index in [1.54, 1.807) is 6.20 Å². The number of hydrogen-bond donors (Lipinski definition) is 0. The van der Waals surface area contributed by atoms with E-state index in [1.807, 2.05) is 24.3 Å². The van der Waals surface area contributed by atoms with E-state index in [9.17, 15) is 9.59 Å². The number of pyridine rings is 1. The summed E-state index contributed by atoms with van der Waals surface area (Å²) in [6, 6.07) is 10.0. The Balaban J connectivity index is 1.90. The van der Waals surface area contributed by atoms with Crippen LogP contribution in [0, 0.1) is 5.41 Å². The van der Waals surface area contributed by atoms with Crippen LogP contribution in [0.1, 0.15) is 11.1 Å². The van der Waals surface area contributed by atoms with Crippen molar-refractivity contribution in [2.24, 2.45) is 5.41 Å².